The Balaban J connectivity index is 1.64. The maximum Gasteiger partial charge on any atom is 0.197 e. The maximum atomic E-state index is 15.2. The second kappa shape index (κ2) is 8.16. The van der Waals surface area contributed by atoms with Crippen LogP contribution in [0.2, 0.25) is 0 Å². The molecule has 4 heterocycles. The predicted molar refractivity (Wildman–Crippen MR) is 123 cm³/mol. The van der Waals surface area contributed by atoms with Gasteiger partial charge in [-0.25, -0.2) is 18.9 Å². The number of ether oxygens (including phenoxy) is 1. The fraction of sp³-hybridized carbons (Fsp3) is 0.458. The maximum absolute atomic E-state index is 15.2. The molecule has 4 aromatic rings. The van der Waals surface area contributed by atoms with Gasteiger partial charge in [-0.15, -0.1) is 0 Å². The second-order valence-corrected chi connectivity index (χ2v) is 8.98. The van der Waals surface area contributed by atoms with Crippen LogP contribution in [-0.4, -0.2) is 44.8 Å². The minimum Gasteiger partial charge on any atom is -0.493 e. The summed E-state index contributed by atoms with van der Waals surface area (Å²) in [6.07, 6.45) is 7.42. The number of fused-ring (bicyclic) bond motifs is 2. The van der Waals surface area contributed by atoms with Crippen molar-refractivity contribution in [2.75, 3.05) is 14.2 Å². The molecule has 0 aliphatic heterocycles. The van der Waals surface area contributed by atoms with E-state index in [4.69, 9.17) is 9.72 Å². The van der Waals surface area contributed by atoms with Crippen LogP contribution in [0.5, 0.6) is 5.75 Å². The molecule has 8 heteroatoms. The molecular weight excluding hydrogens is 407 g/mol. The van der Waals surface area contributed by atoms with Crippen molar-refractivity contribution in [2.24, 2.45) is 0 Å². The number of aromatic amines is 1. The third kappa shape index (κ3) is 3.43. The Morgan fingerprint density at radius 3 is 2.69 bits per heavy atom. The second-order valence-electron chi connectivity index (χ2n) is 8.98. The first kappa shape index (κ1) is 20.9. The first-order valence-corrected chi connectivity index (χ1v) is 11.3. The fourth-order valence-electron chi connectivity index (χ4n) is 5.04. The number of halogens is 1. The normalized spacial score (nSPS) is 19.3. The Morgan fingerprint density at radius 1 is 1.22 bits per heavy atom. The highest BCUT2D eigenvalue weighted by Crippen LogP contribution is 2.39. The smallest absolute Gasteiger partial charge is 0.197 e. The Labute approximate surface area is 186 Å². The van der Waals surface area contributed by atoms with Crippen LogP contribution < -0.4 is 10.1 Å². The van der Waals surface area contributed by atoms with Gasteiger partial charge in [0.15, 0.2) is 11.4 Å². The van der Waals surface area contributed by atoms with E-state index < -0.39 is 0 Å². The molecule has 168 valence electrons. The molecule has 5 rings (SSSR count). The van der Waals surface area contributed by atoms with Crippen LogP contribution in [0.1, 0.15) is 62.6 Å². The summed E-state index contributed by atoms with van der Waals surface area (Å²) >= 11 is 0. The van der Waals surface area contributed by atoms with E-state index in [1.807, 2.05) is 19.3 Å². The highest BCUT2D eigenvalue weighted by atomic mass is 19.1. The summed E-state index contributed by atoms with van der Waals surface area (Å²) in [5.74, 6) is 0.767. The van der Waals surface area contributed by atoms with E-state index >= 15 is 4.39 Å². The molecule has 1 saturated carbocycles. The van der Waals surface area contributed by atoms with Gasteiger partial charge in [-0.3, -0.25) is 0 Å². The van der Waals surface area contributed by atoms with E-state index in [0.29, 0.717) is 28.6 Å². The number of nitrogens with one attached hydrogen (secondary N) is 2. The Bertz CT molecular complexity index is 1270. The summed E-state index contributed by atoms with van der Waals surface area (Å²) in [5.41, 5.74) is 5.70. The summed E-state index contributed by atoms with van der Waals surface area (Å²) in [5, 5.41) is 7.62. The highest BCUT2D eigenvalue weighted by Gasteiger charge is 2.27. The summed E-state index contributed by atoms with van der Waals surface area (Å²) in [6.45, 7) is 4.28. The van der Waals surface area contributed by atoms with E-state index in [-0.39, 0.29) is 17.7 Å². The minimum atomic E-state index is -0.224. The molecule has 0 amide bonds. The quantitative estimate of drug-likeness (QED) is 0.470. The van der Waals surface area contributed by atoms with Crippen LogP contribution in [0.15, 0.2) is 24.7 Å². The van der Waals surface area contributed by atoms with Crippen molar-refractivity contribution >= 4 is 16.7 Å². The Hall–Kier alpha value is -3.00. The number of methoxy groups -OCH3 is 1. The molecule has 0 saturated heterocycles. The summed E-state index contributed by atoms with van der Waals surface area (Å²) in [6, 6.07) is 4.07. The van der Waals surface area contributed by atoms with Crippen molar-refractivity contribution in [2.45, 2.75) is 57.4 Å². The predicted octanol–water partition coefficient (Wildman–Crippen LogP) is 4.79. The molecule has 7 nitrogen and oxygen atoms in total. The molecular formula is C24H29FN6O. The van der Waals surface area contributed by atoms with Gasteiger partial charge < -0.3 is 15.0 Å². The molecule has 32 heavy (non-hydrogen) atoms. The van der Waals surface area contributed by atoms with E-state index in [9.17, 15) is 0 Å². The van der Waals surface area contributed by atoms with Crippen molar-refractivity contribution < 1.29 is 9.13 Å². The number of rotatable bonds is 5. The summed E-state index contributed by atoms with van der Waals surface area (Å²) in [4.78, 5) is 12.6. The number of hydrogen-bond donors (Lipinski definition) is 2. The minimum absolute atomic E-state index is 0.161. The Kier molecular flexibility index (Phi) is 5.33. The number of hydrogen-bond acceptors (Lipinski definition) is 5. The molecule has 0 spiro atoms. The number of H-pyrrole nitrogens is 1. The average Bonchev–Trinajstić information content (AvgIpc) is 3.42. The molecule has 0 radical (unpaired) electrons. The van der Waals surface area contributed by atoms with Crippen molar-refractivity contribution in [1.29, 1.82) is 0 Å². The van der Waals surface area contributed by atoms with Crippen LogP contribution in [-0.2, 0) is 0 Å². The summed E-state index contributed by atoms with van der Waals surface area (Å²) in [7, 11) is 3.62. The van der Waals surface area contributed by atoms with Crippen molar-refractivity contribution in [1.82, 2.24) is 29.9 Å². The lowest BCUT2D eigenvalue weighted by atomic mass is 9.83. The zero-order valence-electron chi connectivity index (χ0n) is 18.9. The van der Waals surface area contributed by atoms with Gasteiger partial charge in [0.1, 0.15) is 12.1 Å². The van der Waals surface area contributed by atoms with Crippen LogP contribution in [0, 0.1) is 5.82 Å². The van der Waals surface area contributed by atoms with Gasteiger partial charge in [0.25, 0.3) is 0 Å². The van der Waals surface area contributed by atoms with Gasteiger partial charge in [-0.2, -0.15) is 5.10 Å². The lowest BCUT2D eigenvalue weighted by Gasteiger charge is -2.28. The molecule has 0 aromatic carbocycles. The molecule has 0 unspecified atom stereocenters. The first-order valence-electron chi connectivity index (χ1n) is 11.3. The zero-order chi connectivity index (χ0) is 22.4. The van der Waals surface area contributed by atoms with E-state index in [0.717, 1.165) is 48.0 Å². The van der Waals surface area contributed by atoms with Gasteiger partial charge in [0, 0.05) is 35.3 Å². The summed E-state index contributed by atoms with van der Waals surface area (Å²) < 4.78 is 22.4. The van der Waals surface area contributed by atoms with Crippen molar-refractivity contribution in [3.05, 3.63) is 41.7 Å². The molecule has 0 atom stereocenters. The average molecular weight is 437 g/mol. The third-order valence-corrected chi connectivity index (χ3v) is 6.74. The molecule has 0 bridgehead atoms. The van der Waals surface area contributed by atoms with E-state index in [1.165, 1.54) is 6.33 Å². The highest BCUT2D eigenvalue weighted by molar-refractivity contribution is 5.89. The lowest BCUT2D eigenvalue weighted by Crippen LogP contribution is -2.30. The topological polar surface area (TPSA) is 80.1 Å². The van der Waals surface area contributed by atoms with Gasteiger partial charge in [0.2, 0.25) is 0 Å². The van der Waals surface area contributed by atoms with Gasteiger partial charge >= 0.3 is 0 Å². The van der Waals surface area contributed by atoms with Gasteiger partial charge in [-0.1, -0.05) is 13.8 Å². The Morgan fingerprint density at radius 2 is 2.00 bits per heavy atom. The largest absolute Gasteiger partial charge is 0.493 e. The molecule has 1 fully saturated rings. The van der Waals surface area contributed by atoms with E-state index in [2.05, 4.69) is 34.2 Å². The van der Waals surface area contributed by atoms with Gasteiger partial charge in [-0.05, 0) is 44.7 Å². The van der Waals surface area contributed by atoms with Crippen LogP contribution in [0.3, 0.4) is 0 Å². The van der Waals surface area contributed by atoms with E-state index in [1.54, 1.807) is 17.7 Å². The molecule has 1 aliphatic carbocycles. The zero-order valence-corrected chi connectivity index (χ0v) is 18.9. The SMILES string of the molecule is CNC1CCC(c2nc3c(C(C)C)c(-c4cc(OC)c5ncnn5c4)[nH]c3cc2F)CC1. The van der Waals surface area contributed by atoms with Crippen LogP contribution in [0.25, 0.3) is 27.9 Å². The molecule has 2 N–H and O–H groups in total. The monoisotopic (exact) mass is 436 g/mol. The molecule has 1 aliphatic rings. The van der Waals surface area contributed by atoms with Crippen molar-refractivity contribution in [3.63, 3.8) is 0 Å². The number of pyridine rings is 2. The van der Waals surface area contributed by atoms with Crippen LogP contribution in [0.4, 0.5) is 4.39 Å². The van der Waals surface area contributed by atoms with Gasteiger partial charge in [0.05, 0.1) is 29.5 Å². The lowest BCUT2D eigenvalue weighted by molar-refractivity contribution is 0.348. The molecule has 4 aromatic heterocycles. The number of nitrogens with zero attached hydrogens (tertiary/aromatic N) is 4. The number of aromatic nitrogens is 5. The van der Waals surface area contributed by atoms with Crippen molar-refractivity contribution in [3.8, 4) is 17.0 Å². The fourth-order valence-corrected chi connectivity index (χ4v) is 5.04. The first-order chi connectivity index (χ1) is 15.5. The standard InChI is InChI=1S/C24H29FN6O/c1-13(2)20-22(15-9-19(32-4)24-27-12-28-31(24)11-15)29-18-10-17(25)21(30-23(18)20)14-5-7-16(26-3)8-6-14/h9-14,16,26,29H,5-8H2,1-4H3. The van der Waals surface area contributed by atoms with Crippen LogP contribution >= 0.6 is 0 Å². The third-order valence-electron chi connectivity index (χ3n) is 6.74.